The number of nitrogens with one attached hydrogen (secondary N) is 1. The fraction of sp³-hybridized carbons (Fsp3) is 0.250. The third kappa shape index (κ3) is 2.90. The monoisotopic (exact) mass is 196 g/mol. The van der Waals surface area contributed by atoms with Gasteiger partial charge in [0.2, 0.25) is 0 Å². The second-order valence-electron chi connectivity index (χ2n) is 2.26. The van der Waals surface area contributed by atoms with E-state index in [1.54, 1.807) is 0 Å². The van der Waals surface area contributed by atoms with Gasteiger partial charge in [-0.15, -0.1) is 0 Å². The Balaban J connectivity index is 2.81. The minimum absolute atomic E-state index is 0.191. The van der Waals surface area contributed by atoms with Crippen LogP contribution < -0.4 is 11.1 Å². The van der Waals surface area contributed by atoms with Crippen molar-refractivity contribution in [2.24, 2.45) is 0 Å². The lowest BCUT2D eigenvalue weighted by Crippen LogP contribution is -2.04. The maximum absolute atomic E-state index is 5.64. The average molecular weight is 197 g/mol. The Morgan fingerprint density at radius 2 is 2.46 bits per heavy atom. The molecule has 5 heteroatoms. The van der Waals surface area contributed by atoms with Crippen LogP contribution in [-0.4, -0.2) is 23.6 Å². The van der Waals surface area contributed by atoms with Gasteiger partial charge < -0.3 is 11.1 Å². The molecular formula is C8H9ClN4. The Kier molecular flexibility index (Phi) is 3.50. The van der Waals surface area contributed by atoms with Crippen LogP contribution in [0, 0.1) is 11.8 Å². The van der Waals surface area contributed by atoms with Gasteiger partial charge in [0.15, 0.2) is 11.0 Å². The van der Waals surface area contributed by atoms with E-state index < -0.39 is 0 Å². The molecule has 0 atom stereocenters. The molecule has 0 amide bonds. The number of rotatable bonds is 1. The topological polar surface area (TPSA) is 63.8 Å². The smallest absolute Gasteiger partial charge is 0.172 e. The lowest BCUT2D eigenvalue weighted by molar-refractivity contribution is 0.938. The molecule has 0 aliphatic heterocycles. The second-order valence-corrected chi connectivity index (χ2v) is 2.62. The molecule has 0 radical (unpaired) electrons. The first-order chi connectivity index (χ1) is 6.24. The van der Waals surface area contributed by atoms with E-state index >= 15 is 0 Å². The number of aromatic nitrogens is 2. The minimum atomic E-state index is 0.191. The van der Waals surface area contributed by atoms with Crippen molar-refractivity contribution in [2.75, 3.05) is 19.3 Å². The Hall–Kier alpha value is -1.31. The van der Waals surface area contributed by atoms with Crippen LogP contribution in [0.2, 0.25) is 5.15 Å². The van der Waals surface area contributed by atoms with E-state index in [1.165, 1.54) is 6.20 Å². The van der Waals surface area contributed by atoms with Gasteiger partial charge in [0.25, 0.3) is 0 Å². The van der Waals surface area contributed by atoms with Crippen molar-refractivity contribution in [1.29, 1.82) is 0 Å². The quantitative estimate of drug-likeness (QED) is 0.634. The highest BCUT2D eigenvalue weighted by Crippen LogP contribution is 2.10. The maximum atomic E-state index is 5.64. The number of anilines is 1. The molecule has 0 bridgehead atoms. The van der Waals surface area contributed by atoms with Crippen molar-refractivity contribution in [1.82, 2.24) is 15.3 Å². The van der Waals surface area contributed by atoms with E-state index in [1.807, 2.05) is 7.05 Å². The fourth-order valence-corrected chi connectivity index (χ4v) is 0.799. The maximum Gasteiger partial charge on any atom is 0.172 e. The summed E-state index contributed by atoms with van der Waals surface area (Å²) in [6.45, 7) is 0.601. The number of hydrogen-bond acceptors (Lipinski definition) is 4. The number of hydrogen-bond donors (Lipinski definition) is 2. The minimum Gasteiger partial charge on any atom is -0.381 e. The van der Waals surface area contributed by atoms with E-state index in [0.717, 1.165) is 0 Å². The van der Waals surface area contributed by atoms with Gasteiger partial charge in [0.1, 0.15) is 5.69 Å². The SMILES string of the molecule is CNCC#Cc1cnc(N)c(Cl)n1. The summed E-state index contributed by atoms with van der Waals surface area (Å²) in [6, 6.07) is 0. The van der Waals surface area contributed by atoms with Crippen LogP contribution in [0.3, 0.4) is 0 Å². The zero-order valence-corrected chi connectivity index (χ0v) is 7.89. The number of halogens is 1. The Bertz CT molecular complexity index is 353. The van der Waals surface area contributed by atoms with Gasteiger partial charge in [-0.25, -0.2) is 9.97 Å². The van der Waals surface area contributed by atoms with Gasteiger partial charge in [0, 0.05) is 0 Å². The van der Waals surface area contributed by atoms with Gasteiger partial charge in [-0.05, 0) is 13.0 Å². The zero-order chi connectivity index (χ0) is 9.68. The molecule has 1 rings (SSSR count). The van der Waals surface area contributed by atoms with Crippen LogP contribution in [0.25, 0.3) is 0 Å². The van der Waals surface area contributed by atoms with Crippen LogP contribution in [0.5, 0.6) is 0 Å². The summed E-state index contributed by atoms with van der Waals surface area (Å²) < 4.78 is 0. The standard InChI is InChI=1S/C8H9ClN4/c1-11-4-2-3-6-5-12-8(10)7(9)13-6/h5,11H,4H2,1H3,(H2,10,12). The second kappa shape index (κ2) is 4.65. The van der Waals surface area contributed by atoms with Crippen LogP contribution in [0.4, 0.5) is 5.82 Å². The molecule has 4 nitrogen and oxygen atoms in total. The molecule has 0 unspecified atom stereocenters. The summed E-state index contributed by atoms with van der Waals surface area (Å²) in [5.41, 5.74) is 5.90. The number of nitrogen functional groups attached to an aromatic ring is 1. The van der Waals surface area contributed by atoms with Crippen LogP contribution in [0.1, 0.15) is 5.69 Å². The summed E-state index contributed by atoms with van der Waals surface area (Å²) in [5, 5.41) is 3.08. The number of nitrogens with zero attached hydrogens (tertiary/aromatic N) is 2. The molecule has 0 spiro atoms. The molecule has 0 saturated heterocycles. The lowest BCUT2D eigenvalue weighted by Gasteiger charge is -1.94. The van der Waals surface area contributed by atoms with Crippen molar-refractivity contribution in [2.45, 2.75) is 0 Å². The Labute approximate surface area is 81.5 Å². The largest absolute Gasteiger partial charge is 0.381 e. The number of nitrogens with two attached hydrogens (primary N) is 1. The summed E-state index contributed by atoms with van der Waals surface area (Å²) in [7, 11) is 1.82. The van der Waals surface area contributed by atoms with E-state index in [2.05, 4.69) is 27.1 Å². The van der Waals surface area contributed by atoms with Gasteiger partial charge >= 0.3 is 0 Å². The highest BCUT2D eigenvalue weighted by atomic mass is 35.5. The first kappa shape index (κ1) is 9.78. The van der Waals surface area contributed by atoms with Crippen molar-refractivity contribution < 1.29 is 0 Å². The first-order valence-corrected chi connectivity index (χ1v) is 4.03. The summed E-state index contributed by atoms with van der Waals surface area (Å²) in [5.74, 6) is 5.85. The van der Waals surface area contributed by atoms with Gasteiger partial charge in [0.05, 0.1) is 12.7 Å². The van der Waals surface area contributed by atoms with Crippen molar-refractivity contribution >= 4 is 17.4 Å². The van der Waals surface area contributed by atoms with Crippen molar-refractivity contribution in [3.63, 3.8) is 0 Å². The van der Waals surface area contributed by atoms with E-state index in [4.69, 9.17) is 17.3 Å². The molecule has 1 aromatic rings. The highest BCUT2D eigenvalue weighted by Gasteiger charge is 1.98. The molecule has 1 heterocycles. The van der Waals surface area contributed by atoms with Crippen LogP contribution in [0.15, 0.2) is 6.20 Å². The third-order valence-electron chi connectivity index (χ3n) is 1.24. The van der Waals surface area contributed by atoms with Crippen molar-refractivity contribution in [3.05, 3.63) is 17.0 Å². The molecular weight excluding hydrogens is 188 g/mol. The molecule has 13 heavy (non-hydrogen) atoms. The molecule has 0 aliphatic rings. The van der Waals surface area contributed by atoms with E-state index in [9.17, 15) is 0 Å². The molecule has 68 valence electrons. The Morgan fingerprint density at radius 1 is 1.69 bits per heavy atom. The molecule has 0 saturated carbocycles. The molecule has 3 N–H and O–H groups in total. The average Bonchev–Trinajstić information content (AvgIpc) is 2.12. The van der Waals surface area contributed by atoms with Gasteiger partial charge in [-0.3, -0.25) is 0 Å². The summed E-state index contributed by atoms with van der Waals surface area (Å²) in [4.78, 5) is 7.74. The summed E-state index contributed by atoms with van der Waals surface area (Å²) in [6.07, 6.45) is 1.49. The third-order valence-corrected chi connectivity index (χ3v) is 1.52. The molecule has 1 aromatic heterocycles. The Morgan fingerprint density at radius 3 is 3.08 bits per heavy atom. The molecule has 0 aromatic carbocycles. The van der Waals surface area contributed by atoms with Gasteiger partial charge in [-0.1, -0.05) is 17.5 Å². The normalized spacial score (nSPS) is 9.08. The van der Waals surface area contributed by atoms with Crippen LogP contribution >= 0.6 is 11.6 Å². The fourth-order valence-electron chi connectivity index (χ4n) is 0.659. The van der Waals surface area contributed by atoms with E-state index in [0.29, 0.717) is 12.2 Å². The predicted molar refractivity (Wildman–Crippen MR) is 52.3 cm³/mol. The summed E-state index contributed by atoms with van der Waals surface area (Å²) >= 11 is 5.64. The predicted octanol–water partition coefficient (Wildman–Crippen LogP) is 0.283. The lowest BCUT2D eigenvalue weighted by atomic mass is 10.4. The van der Waals surface area contributed by atoms with Crippen molar-refractivity contribution in [3.8, 4) is 11.8 Å². The first-order valence-electron chi connectivity index (χ1n) is 3.65. The van der Waals surface area contributed by atoms with E-state index in [-0.39, 0.29) is 11.0 Å². The zero-order valence-electron chi connectivity index (χ0n) is 7.13. The van der Waals surface area contributed by atoms with Crippen LogP contribution in [-0.2, 0) is 0 Å². The highest BCUT2D eigenvalue weighted by molar-refractivity contribution is 6.31. The molecule has 0 aliphatic carbocycles. The molecule has 0 fully saturated rings. The van der Waals surface area contributed by atoms with Gasteiger partial charge in [-0.2, -0.15) is 0 Å².